The van der Waals surface area contributed by atoms with Crippen LogP contribution in [0.5, 0.6) is 0 Å². The second-order valence-corrected chi connectivity index (χ2v) is 4.96. The van der Waals surface area contributed by atoms with Gasteiger partial charge in [-0.2, -0.15) is 0 Å². The molecule has 0 bridgehead atoms. The highest BCUT2D eigenvalue weighted by molar-refractivity contribution is 5.95. The van der Waals surface area contributed by atoms with E-state index >= 15 is 0 Å². The van der Waals surface area contributed by atoms with Crippen LogP contribution in [0.1, 0.15) is 29.6 Å². The molecule has 6 heteroatoms. The van der Waals surface area contributed by atoms with E-state index in [0.717, 1.165) is 19.3 Å². The summed E-state index contributed by atoms with van der Waals surface area (Å²) in [5.41, 5.74) is 0.905. The van der Waals surface area contributed by atoms with Crippen LogP contribution in [-0.4, -0.2) is 35.9 Å². The van der Waals surface area contributed by atoms with E-state index in [-0.39, 0.29) is 17.6 Å². The number of nitrogens with one attached hydrogen (secondary N) is 1. The molecular formula is C13H17N3O3. The highest BCUT2D eigenvalue weighted by atomic mass is 16.6. The van der Waals surface area contributed by atoms with Gasteiger partial charge < -0.3 is 10.2 Å². The predicted octanol–water partition coefficient (Wildman–Crippen LogP) is 2.26. The summed E-state index contributed by atoms with van der Waals surface area (Å²) >= 11 is 0. The largest absolute Gasteiger partial charge is 0.377 e. The number of anilines is 1. The molecule has 6 nitrogen and oxygen atoms in total. The number of rotatable bonds is 4. The topological polar surface area (TPSA) is 75.5 Å². The first-order chi connectivity index (χ1) is 8.99. The van der Waals surface area contributed by atoms with Crippen LogP contribution in [0.25, 0.3) is 0 Å². The Bertz CT molecular complexity index is 510. The molecule has 0 aromatic heterocycles. The molecule has 0 radical (unpaired) electrons. The zero-order valence-electron chi connectivity index (χ0n) is 11.0. The van der Waals surface area contributed by atoms with Crippen LogP contribution in [0.2, 0.25) is 0 Å². The Labute approximate surface area is 111 Å². The van der Waals surface area contributed by atoms with Gasteiger partial charge in [-0.05, 0) is 31.4 Å². The zero-order chi connectivity index (χ0) is 14.0. The van der Waals surface area contributed by atoms with Crippen LogP contribution < -0.4 is 5.32 Å². The van der Waals surface area contributed by atoms with Crippen molar-refractivity contribution in [3.05, 3.63) is 33.9 Å². The van der Waals surface area contributed by atoms with Gasteiger partial charge in [0.15, 0.2) is 0 Å². The van der Waals surface area contributed by atoms with Crippen LogP contribution in [0.4, 0.5) is 11.4 Å². The fourth-order valence-corrected chi connectivity index (χ4v) is 1.97. The van der Waals surface area contributed by atoms with Crippen molar-refractivity contribution in [2.45, 2.75) is 25.3 Å². The molecule has 1 aromatic rings. The summed E-state index contributed by atoms with van der Waals surface area (Å²) in [4.78, 5) is 23.9. The van der Waals surface area contributed by atoms with Crippen molar-refractivity contribution in [2.75, 3.05) is 19.4 Å². The Kier molecular flexibility index (Phi) is 3.69. The van der Waals surface area contributed by atoms with Crippen LogP contribution in [0.3, 0.4) is 0 Å². The van der Waals surface area contributed by atoms with Crippen LogP contribution in [0, 0.1) is 10.1 Å². The van der Waals surface area contributed by atoms with Crippen molar-refractivity contribution in [1.82, 2.24) is 4.90 Å². The molecule has 0 saturated heterocycles. The summed E-state index contributed by atoms with van der Waals surface area (Å²) in [5, 5.41) is 14.1. The molecule has 2 rings (SSSR count). The van der Waals surface area contributed by atoms with Gasteiger partial charge in [-0.15, -0.1) is 0 Å². The van der Waals surface area contributed by atoms with Gasteiger partial charge in [-0.25, -0.2) is 0 Å². The maximum absolute atomic E-state index is 11.9. The van der Waals surface area contributed by atoms with Crippen LogP contribution in [0.15, 0.2) is 18.2 Å². The van der Waals surface area contributed by atoms with E-state index in [0.29, 0.717) is 11.3 Å². The monoisotopic (exact) mass is 263 g/mol. The molecule has 0 atom stereocenters. The van der Waals surface area contributed by atoms with Gasteiger partial charge in [0.05, 0.1) is 4.92 Å². The first-order valence-electron chi connectivity index (χ1n) is 6.25. The molecule has 1 amide bonds. The molecule has 0 aliphatic heterocycles. The first kappa shape index (κ1) is 13.3. The van der Waals surface area contributed by atoms with E-state index in [1.165, 1.54) is 17.0 Å². The molecule has 1 N–H and O–H groups in total. The standard InChI is InChI=1S/C13H17N3O3/c1-15(2)13(17)9-6-7-12(16(18)19)11(8-9)14-10-4-3-5-10/h6-8,10,14H,3-5H2,1-2H3. The van der Waals surface area contributed by atoms with Crippen molar-refractivity contribution < 1.29 is 9.72 Å². The van der Waals surface area contributed by atoms with Gasteiger partial charge in [0.25, 0.3) is 11.6 Å². The second kappa shape index (κ2) is 5.26. The van der Waals surface area contributed by atoms with Gasteiger partial charge in [0.1, 0.15) is 5.69 Å². The molecule has 1 saturated carbocycles. The normalized spacial score (nSPS) is 14.6. The maximum Gasteiger partial charge on any atom is 0.292 e. The molecule has 19 heavy (non-hydrogen) atoms. The minimum absolute atomic E-state index is 0.0159. The zero-order valence-corrected chi connectivity index (χ0v) is 11.0. The summed E-state index contributed by atoms with van der Waals surface area (Å²) in [5.74, 6) is -0.161. The Hall–Kier alpha value is -2.11. The highest BCUT2D eigenvalue weighted by Crippen LogP contribution is 2.30. The summed E-state index contributed by atoms with van der Waals surface area (Å²) in [6, 6.07) is 4.73. The number of carbonyl (C=O) groups excluding carboxylic acids is 1. The minimum atomic E-state index is -0.426. The molecule has 102 valence electrons. The lowest BCUT2D eigenvalue weighted by Crippen LogP contribution is -2.28. The third-order valence-corrected chi connectivity index (χ3v) is 3.31. The number of nitrogens with zero attached hydrogens (tertiary/aromatic N) is 2. The molecule has 1 aliphatic rings. The quantitative estimate of drug-likeness (QED) is 0.667. The van der Waals surface area contributed by atoms with Crippen molar-refractivity contribution in [1.29, 1.82) is 0 Å². The second-order valence-electron chi connectivity index (χ2n) is 4.96. The van der Waals surface area contributed by atoms with Crippen LogP contribution >= 0.6 is 0 Å². The lowest BCUT2D eigenvalue weighted by Gasteiger charge is -2.27. The molecule has 1 fully saturated rings. The molecule has 0 unspecified atom stereocenters. The number of amides is 1. The van der Waals surface area contributed by atoms with E-state index in [9.17, 15) is 14.9 Å². The number of hydrogen-bond donors (Lipinski definition) is 1. The Morgan fingerprint density at radius 3 is 2.58 bits per heavy atom. The number of hydrogen-bond acceptors (Lipinski definition) is 4. The van der Waals surface area contributed by atoms with Crippen molar-refractivity contribution in [2.24, 2.45) is 0 Å². The predicted molar refractivity (Wildman–Crippen MR) is 72.4 cm³/mol. The van der Waals surface area contributed by atoms with Crippen molar-refractivity contribution in [3.63, 3.8) is 0 Å². The third-order valence-electron chi connectivity index (χ3n) is 3.31. The van der Waals surface area contributed by atoms with Gasteiger partial charge in [-0.3, -0.25) is 14.9 Å². The van der Waals surface area contributed by atoms with Crippen LogP contribution in [-0.2, 0) is 0 Å². The number of nitro groups is 1. The molecule has 0 spiro atoms. The third kappa shape index (κ3) is 2.83. The first-order valence-corrected chi connectivity index (χ1v) is 6.25. The van der Waals surface area contributed by atoms with Crippen molar-refractivity contribution >= 4 is 17.3 Å². The maximum atomic E-state index is 11.9. The fourth-order valence-electron chi connectivity index (χ4n) is 1.97. The van der Waals surface area contributed by atoms with E-state index in [4.69, 9.17) is 0 Å². The fraction of sp³-hybridized carbons (Fsp3) is 0.462. The summed E-state index contributed by atoms with van der Waals surface area (Å²) in [6.45, 7) is 0. The average Bonchev–Trinajstić information content (AvgIpc) is 2.32. The highest BCUT2D eigenvalue weighted by Gasteiger charge is 2.23. The SMILES string of the molecule is CN(C)C(=O)c1ccc([N+](=O)[O-])c(NC2CCC2)c1. The summed E-state index contributed by atoms with van der Waals surface area (Å²) in [7, 11) is 3.31. The minimum Gasteiger partial charge on any atom is -0.377 e. The van der Waals surface area contributed by atoms with Gasteiger partial charge >= 0.3 is 0 Å². The summed E-state index contributed by atoms with van der Waals surface area (Å²) < 4.78 is 0. The van der Waals surface area contributed by atoms with E-state index in [1.807, 2.05) is 0 Å². The lowest BCUT2D eigenvalue weighted by atomic mass is 9.93. The molecule has 0 heterocycles. The molecule has 1 aromatic carbocycles. The van der Waals surface area contributed by atoms with E-state index < -0.39 is 4.92 Å². The Morgan fingerprint density at radius 2 is 2.11 bits per heavy atom. The number of carbonyl (C=O) groups is 1. The number of nitro benzene ring substituents is 1. The smallest absolute Gasteiger partial charge is 0.292 e. The van der Waals surface area contributed by atoms with Crippen molar-refractivity contribution in [3.8, 4) is 0 Å². The van der Waals surface area contributed by atoms with Gasteiger partial charge in [0.2, 0.25) is 0 Å². The summed E-state index contributed by atoms with van der Waals surface area (Å²) in [6.07, 6.45) is 3.17. The Balaban J connectivity index is 2.31. The van der Waals surface area contributed by atoms with Gasteiger partial charge in [0, 0.05) is 31.8 Å². The number of benzene rings is 1. The lowest BCUT2D eigenvalue weighted by molar-refractivity contribution is -0.384. The molecular weight excluding hydrogens is 246 g/mol. The van der Waals surface area contributed by atoms with E-state index in [1.54, 1.807) is 20.2 Å². The van der Waals surface area contributed by atoms with E-state index in [2.05, 4.69) is 5.32 Å². The van der Waals surface area contributed by atoms with Gasteiger partial charge in [-0.1, -0.05) is 0 Å². The average molecular weight is 263 g/mol. The Morgan fingerprint density at radius 1 is 1.42 bits per heavy atom. The molecule has 1 aliphatic carbocycles.